The van der Waals surface area contributed by atoms with E-state index in [-0.39, 0.29) is 11.4 Å². The van der Waals surface area contributed by atoms with E-state index in [1.165, 1.54) is 11.8 Å². The standard InChI is InChI=1S/C29H25N3O4S/c1-19-8-6-7-11-24(19)35-14-15-36-25-13-12-20(17-26(25)34-2)16-22-27(30)32-23(21-9-4-3-5-10-21)18-37-29(32)31-28(22)33/h3-13,16-18,30H,14-15H2,1-2H3. The molecule has 3 aromatic carbocycles. The number of amides is 1. The topological polar surface area (TPSA) is 84.2 Å². The monoisotopic (exact) mass is 511 g/mol. The van der Waals surface area contributed by atoms with E-state index in [0.717, 1.165) is 22.6 Å². The van der Waals surface area contributed by atoms with Gasteiger partial charge in [0.25, 0.3) is 5.91 Å². The zero-order valence-corrected chi connectivity index (χ0v) is 21.2. The van der Waals surface area contributed by atoms with E-state index >= 15 is 0 Å². The SMILES string of the molecule is COc1cc(C=C2C(=N)N3C(c4ccccc4)=CSC3=NC2=O)ccc1OCCOc1ccccc1C. The Hall–Kier alpha value is -4.30. The molecule has 0 saturated carbocycles. The molecule has 5 rings (SSSR count). The van der Waals surface area contributed by atoms with E-state index in [1.54, 1.807) is 30.2 Å². The van der Waals surface area contributed by atoms with Crippen molar-refractivity contribution in [1.29, 1.82) is 5.41 Å². The highest BCUT2D eigenvalue weighted by molar-refractivity contribution is 8.17. The van der Waals surface area contributed by atoms with Crippen LogP contribution in [0.2, 0.25) is 0 Å². The van der Waals surface area contributed by atoms with E-state index in [1.807, 2.05) is 73.0 Å². The lowest BCUT2D eigenvalue weighted by molar-refractivity contribution is -0.114. The molecule has 0 aliphatic carbocycles. The molecule has 37 heavy (non-hydrogen) atoms. The van der Waals surface area contributed by atoms with Gasteiger partial charge in [0.05, 0.1) is 18.4 Å². The van der Waals surface area contributed by atoms with Crippen molar-refractivity contribution in [1.82, 2.24) is 4.90 Å². The third-order valence-electron chi connectivity index (χ3n) is 5.87. The van der Waals surface area contributed by atoms with E-state index in [9.17, 15) is 4.79 Å². The number of amidine groups is 2. The number of nitrogens with zero attached hydrogens (tertiary/aromatic N) is 2. The van der Waals surface area contributed by atoms with Crippen LogP contribution in [0.15, 0.2) is 88.8 Å². The molecule has 0 saturated heterocycles. The first kappa shape index (κ1) is 24.4. The summed E-state index contributed by atoms with van der Waals surface area (Å²) in [7, 11) is 1.56. The Labute approximate surface area is 219 Å². The number of fused-ring (bicyclic) bond motifs is 1. The van der Waals surface area contributed by atoms with Gasteiger partial charge in [0.2, 0.25) is 0 Å². The quantitative estimate of drug-likeness (QED) is 0.306. The molecule has 0 unspecified atom stereocenters. The Morgan fingerprint density at radius 1 is 0.946 bits per heavy atom. The molecular formula is C29H25N3O4S. The van der Waals surface area contributed by atoms with Gasteiger partial charge in [-0.25, -0.2) is 0 Å². The fourth-order valence-corrected chi connectivity index (χ4v) is 4.89. The molecule has 0 bridgehead atoms. The van der Waals surface area contributed by atoms with E-state index in [0.29, 0.717) is 35.4 Å². The zero-order valence-electron chi connectivity index (χ0n) is 20.4. The number of carbonyl (C=O) groups is 1. The van der Waals surface area contributed by atoms with Crippen molar-refractivity contribution in [3.05, 3.63) is 100 Å². The molecule has 0 aromatic heterocycles. The predicted octanol–water partition coefficient (Wildman–Crippen LogP) is 5.77. The van der Waals surface area contributed by atoms with Crippen LogP contribution >= 0.6 is 11.8 Å². The molecule has 0 spiro atoms. The largest absolute Gasteiger partial charge is 0.493 e. The van der Waals surface area contributed by atoms with Crippen LogP contribution in [0.1, 0.15) is 16.7 Å². The number of methoxy groups -OCH3 is 1. The molecule has 1 amide bonds. The van der Waals surface area contributed by atoms with Gasteiger partial charge in [0.1, 0.15) is 24.8 Å². The summed E-state index contributed by atoms with van der Waals surface area (Å²) in [5, 5.41) is 11.2. The van der Waals surface area contributed by atoms with Crippen LogP contribution in [0.25, 0.3) is 11.8 Å². The number of carbonyl (C=O) groups excluding carboxylic acids is 1. The van der Waals surface area contributed by atoms with Crippen LogP contribution in [0.3, 0.4) is 0 Å². The molecule has 0 radical (unpaired) electrons. The van der Waals surface area contributed by atoms with Gasteiger partial charge >= 0.3 is 0 Å². The van der Waals surface area contributed by atoms with Crippen molar-refractivity contribution < 1.29 is 19.0 Å². The normalized spacial score (nSPS) is 15.8. The summed E-state index contributed by atoms with van der Waals surface area (Å²) in [6, 6.07) is 23.0. The van der Waals surface area contributed by atoms with Crippen LogP contribution < -0.4 is 14.2 Å². The molecule has 7 nitrogen and oxygen atoms in total. The summed E-state index contributed by atoms with van der Waals surface area (Å²) in [5.74, 6) is 1.55. The van der Waals surface area contributed by atoms with Crippen molar-refractivity contribution in [2.24, 2.45) is 4.99 Å². The van der Waals surface area contributed by atoms with Crippen molar-refractivity contribution in [2.45, 2.75) is 6.92 Å². The number of para-hydroxylation sites is 1. The minimum absolute atomic E-state index is 0.0859. The number of rotatable bonds is 8. The number of nitrogens with one attached hydrogen (secondary N) is 1. The van der Waals surface area contributed by atoms with Gasteiger partial charge in [-0.3, -0.25) is 15.1 Å². The Morgan fingerprint density at radius 3 is 2.43 bits per heavy atom. The fourth-order valence-electron chi connectivity index (χ4n) is 4.00. The zero-order chi connectivity index (χ0) is 25.8. The predicted molar refractivity (Wildman–Crippen MR) is 147 cm³/mol. The number of thioether (sulfide) groups is 1. The maximum Gasteiger partial charge on any atom is 0.283 e. The third kappa shape index (κ3) is 5.15. The second kappa shape index (κ2) is 10.8. The second-order valence-electron chi connectivity index (χ2n) is 8.30. The minimum Gasteiger partial charge on any atom is -0.493 e. The first-order valence-electron chi connectivity index (χ1n) is 11.7. The molecule has 2 heterocycles. The van der Waals surface area contributed by atoms with Gasteiger partial charge in [0.15, 0.2) is 16.7 Å². The molecule has 2 aliphatic heterocycles. The summed E-state index contributed by atoms with van der Waals surface area (Å²) < 4.78 is 17.2. The van der Waals surface area contributed by atoms with Gasteiger partial charge in [-0.05, 0) is 47.9 Å². The lowest BCUT2D eigenvalue weighted by Gasteiger charge is -2.27. The summed E-state index contributed by atoms with van der Waals surface area (Å²) >= 11 is 1.34. The molecule has 2 aliphatic rings. The van der Waals surface area contributed by atoms with Crippen LogP contribution in [-0.2, 0) is 4.79 Å². The van der Waals surface area contributed by atoms with Crippen molar-refractivity contribution in [2.75, 3.05) is 20.3 Å². The summed E-state index contributed by atoms with van der Waals surface area (Å²) in [5.41, 5.74) is 3.74. The molecule has 3 aromatic rings. The molecule has 0 atom stereocenters. The van der Waals surface area contributed by atoms with E-state index < -0.39 is 5.91 Å². The second-order valence-corrected chi connectivity index (χ2v) is 9.14. The highest BCUT2D eigenvalue weighted by atomic mass is 32.2. The summed E-state index contributed by atoms with van der Waals surface area (Å²) in [6.45, 7) is 2.72. The highest BCUT2D eigenvalue weighted by Crippen LogP contribution is 2.37. The minimum atomic E-state index is -0.445. The van der Waals surface area contributed by atoms with Gasteiger partial charge in [-0.15, -0.1) is 0 Å². The highest BCUT2D eigenvalue weighted by Gasteiger charge is 2.36. The van der Waals surface area contributed by atoms with Crippen molar-refractivity contribution in [3.63, 3.8) is 0 Å². The summed E-state index contributed by atoms with van der Waals surface area (Å²) in [6.07, 6.45) is 1.66. The molecule has 8 heteroatoms. The summed E-state index contributed by atoms with van der Waals surface area (Å²) in [4.78, 5) is 18.7. The van der Waals surface area contributed by atoms with E-state index in [4.69, 9.17) is 19.6 Å². The lowest BCUT2D eigenvalue weighted by atomic mass is 10.1. The number of hydrogen-bond donors (Lipinski definition) is 1. The van der Waals surface area contributed by atoms with Gasteiger partial charge in [0, 0.05) is 5.41 Å². The Morgan fingerprint density at radius 2 is 1.68 bits per heavy atom. The number of hydrogen-bond acceptors (Lipinski definition) is 6. The molecule has 186 valence electrons. The molecular weight excluding hydrogens is 486 g/mol. The van der Waals surface area contributed by atoms with Gasteiger partial charge in [-0.1, -0.05) is 66.4 Å². The van der Waals surface area contributed by atoms with Crippen LogP contribution in [0, 0.1) is 12.3 Å². The number of benzene rings is 3. The fraction of sp³-hybridized carbons (Fsp3) is 0.138. The average molecular weight is 512 g/mol. The van der Waals surface area contributed by atoms with Gasteiger partial charge < -0.3 is 14.2 Å². The van der Waals surface area contributed by atoms with E-state index in [2.05, 4.69) is 4.99 Å². The van der Waals surface area contributed by atoms with Gasteiger partial charge in [-0.2, -0.15) is 4.99 Å². The van der Waals surface area contributed by atoms with Crippen LogP contribution in [0.5, 0.6) is 17.2 Å². The van der Waals surface area contributed by atoms with Crippen LogP contribution in [0.4, 0.5) is 0 Å². The first-order valence-corrected chi connectivity index (χ1v) is 12.6. The van der Waals surface area contributed by atoms with Crippen LogP contribution in [-0.4, -0.2) is 42.1 Å². The number of aliphatic imine (C=N–C) groups is 1. The first-order chi connectivity index (χ1) is 18.0. The number of aryl methyl sites for hydroxylation is 1. The molecule has 1 N–H and O–H groups in total. The third-order valence-corrected chi connectivity index (χ3v) is 6.70. The Bertz CT molecular complexity index is 1450. The molecule has 0 fully saturated rings. The smallest absolute Gasteiger partial charge is 0.283 e. The maximum atomic E-state index is 12.8. The maximum absolute atomic E-state index is 12.8. The van der Waals surface area contributed by atoms with Crippen molar-refractivity contribution in [3.8, 4) is 17.2 Å². The number of ether oxygens (including phenoxy) is 3. The lowest BCUT2D eigenvalue weighted by Crippen LogP contribution is -2.38. The Balaban J connectivity index is 1.31. The average Bonchev–Trinajstić information content (AvgIpc) is 3.34. The van der Waals surface area contributed by atoms with Crippen molar-refractivity contribution >= 4 is 40.4 Å². The Kier molecular flexibility index (Phi) is 7.09.